The first-order valence-corrected chi connectivity index (χ1v) is 12.8. The number of aliphatic hydroxyl groups is 3. The molecule has 2 fully saturated rings. The minimum atomic E-state index is -1.95. The van der Waals surface area contributed by atoms with Gasteiger partial charge in [0.15, 0.2) is 5.78 Å². The fourth-order valence-electron chi connectivity index (χ4n) is 7.97. The second-order valence-corrected chi connectivity index (χ2v) is 13.4. The summed E-state index contributed by atoms with van der Waals surface area (Å²) in [7, 11) is 0. The molecule has 0 aromatic carbocycles. The maximum absolute atomic E-state index is 14.1. The van der Waals surface area contributed by atoms with Gasteiger partial charge in [-0.15, -0.1) is 0 Å². The van der Waals surface area contributed by atoms with Gasteiger partial charge in [-0.2, -0.15) is 0 Å². The normalized spacial score (nSPS) is 41.5. The van der Waals surface area contributed by atoms with Crippen molar-refractivity contribution in [3.63, 3.8) is 0 Å². The lowest BCUT2D eigenvalue weighted by Gasteiger charge is -2.62. The Morgan fingerprint density at radius 3 is 2.25 bits per heavy atom. The molecule has 4 aliphatic rings. The number of ether oxygens (including phenoxy) is 1. The molecule has 1 heterocycles. The van der Waals surface area contributed by atoms with Crippen LogP contribution < -0.4 is 0 Å². The summed E-state index contributed by atoms with van der Waals surface area (Å²) in [6.07, 6.45) is 5.85. The predicted octanol–water partition coefficient (Wildman–Crippen LogP) is 3.42. The van der Waals surface area contributed by atoms with Crippen molar-refractivity contribution in [3.8, 4) is 0 Å². The zero-order valence-corrected chi connectivity index (χ0v) is 22.6. The fourth-order valence-corrected chi connectivity index (χ4v) is 7.97. The summed E-state index contributed by atoms with van der Waals surface area (Å²) in [5.41, 5.74) is -4.93. The Morgan fingerprint density at radius 1 is 1.06 bits per heavy atom. The molecule has 7 nitrogen and oxygen atoms in total. The predicted molar refractivity (Wildman–Crippen MR) is 133 cm³/mol. The zero-order valence-electron chi connectivity index (χ0n) is 22.6. The van der Waals surface area contributed by atoms with E-state index in [0.29, 0.717) is 18.4 Å². The van der Waals surface area contributed by atoms with Crippen LogP contribution in [0.15, 0.2) is 35.6 Å². The average Bonchev–Trinajstić information content (AvgIpc) is 2.94. The lowest BCUT2D eigenvalue weighted by atomic mass is 9.40. The van der Waals surface area contributed by atoms with Crippen molar-refractivity contribution in [2.45, 2.75) is 92.0 Å². The van der Waals surface area contributed by atoms with Crippen LogP contribution in [-0.4, -0.2) is 50.2 Å². The first-order valence-electron chi connectivity index (χ1n) is 12.8. The summed E-state index contributed by atoms with van der Waals surface area (Å²) in [6.45, 7) is 13.9. The Bertz CT molecular complexity index is 1120. The molecule has 0 amide bonds. The number of rotatable bonds is 4. The number of cyclic esters (lactones) is 1. The molecule has 0 bridgehead atoms. The Balaban J connectivity index is 1.81. The quantitative estimate of drug-likeness (QED) is 0.399. The summed E-state index contributed by atoms with van der Waals surface area (Å²) in [5.74, 6) is -2.13. The molecule has 0 aromatic rings. The molecule has 0 aromatic heterocycles. The maximum atomic E-state index is 14.1. The Labute approximate surface area is 213 Å². The highest BCUT2D eigenvalue weighted by atomic mass is 16.5. The summed E-state index contributed by atoms with van der Waals surface area (Å²) in [6, 6.07) is 0. The number of allylic oxidation sites excluding steroid dienone is 2. The Hall–Kier alpha value is -2.09. The van der Waals surface area contributed by atoms with Gasteiger partial charge in [0.1, 0.15) is 11.4 Å². The average molecular weight is 501 g/mol. The minimum absolute atomic E-state index is 0.0487. The molecule has 0 radical (unpaired) electrons. The molecule has 4 rings (SSSR count). The van der Waals surface area contributed by atoms with E-state index in [0.717, 1.165) is 5.57 Å². The SMILES string of the molecule is CC(C)(O)C=CC(=O)C(C)(O)C1C(O)CC2(C)C3CC=C4C(=COC(=O)C4(C)C)C3(C)C(=O)CC12C. The van der Waals surface area contributed by atoms with Crippen molar-refractivity contribution in [1.29, 1.82) is 0 Å². The third-order valence-corrected chi connectivity index (χ3v) is 10.2. The van der Waals surface area contributed by atoms with Crippen LogP contribution in [0.1, 0.15) is 74.7 Å². The van der Waals surface area contributed by atoms with Gasteiger partial charge in [-0.05, 0) is 82.8 Å². The molecule has 36 heavy (non-hydrogen) atoms. The van der Waals surface area contributed by atoms with E-state index < -0.39 is 50.7 Å². The van der Waals surface area contributed by atoms with Crippen molar-refractivity contribution in [3.05, 3.63) is 35.6 Å². The molecule has 3 N–H and O–H groups in total. The summed E-state index contributed by atoms with van der Waals surface area (Å²) < 4.78 is 5.42. The van der Waals surface area contributed by atoms with Gasteiger partial charge < -0.3 is 20.1 Å². The van der Waals surface area contributed by atoms with Crippen molar-refractivity contribution >= 4 is 17.5 Å². The van der Waals surface area contributed by atoms with Gasteiger partial charge in [0.25, 0.3) is 0 Å². The van der Waals surface area contributed by atoms with Crippen molar-refractivity contribution in [2.24, 2.45) is 33.5 Å². The summed E-state index contributed by atoms with van der Waals surface area (Å²) in [5, 5.41) is 33.0. The molecule has 7 unspecified atom stereocenters. The van der Waals surface area contributed by atoms with Gasteiger partial charge in [0, 0.05) is 17.9 Å². The first kappa shape index (κ1) is 27.0. The number of fused-ring (bicyclic) bond motifs is 5. The molecule has 7 heteroatoms. The molecule has 0 spiro atoms. The van der Waals surface area contributed by atoms with Gasteiger partial charge >= 0.3 is 5.97 Å². The first-order chi connectivity index (χ1) is 16.2. The molecular weight excluding hydrogens is 460 g/mol. The fraction of sp³-hybridized carbons (Fsp3) is 0.690. The van der Waals surface area contributed by atoms with E-state index in [9.17, 15) is 29.7 Å². The van der Waals surface area contributed by atoms with Crippen molar-refractivity contribution < 1.29 is 34.4 Å². The molecular formula is C29H40O7. The smallest absolute Gasteiger partial charge is 0.320 e. The number of aliphatic hydroxyl groups excluding tert-OH is 1. The molecule has 0 saturated heterocycles. The highest BCUT2D eigenvalue weighted by Crippen LogP contribution is 2.73. The van der Waals surface area contributed by atoms with Gasteiger partial charge in [-0.3, -0.25) is 14.4 Å². The van der Waals surface area contributed by atoms with Crippen molar-refractivity contribution in [2.75, 3.05) is 0 Å². The van der Waals surface area contributed by atoms with E-state index in [1.807, 2.05) is 19.9 Å². The van der Waals surface area contributed by atoms with E-state index in [4.69, 9.17) is 4.74 Å². The largest absolute Gasteiger partial charge is 0.434 e. The van der Waals surface area contributed by atoms with E-state index in [1.165, 1.54) is 39.2 Å². The monoisotopic (exact) mass is 500 g/mol. The molecule has 2 saturated carbocycles. The second-order valence-electron chi connectivity index (χ2n) is 13.4. The molecule has 7 atom stereocenters. The van der Waals surface area contributed by atoms with Crippen LogP contribution in [0.2, 0.25) is 0 Å². The second kappa shape index (κ2) is 7.71. The standard InChI is InChI=1S/C29H40O7/c1-24(2,34)12-11-20(31)29(8,35)22-18(30)13-26(5)19-10-9-16-17(15-36-23(33)25(16,3)4)28(19,7)21(32)14-27(22,26)6/h9,11-12,15,18-19,22,30,34-35H,10,13-14H2,1-8H3. The van der Waals surface area contributed by atoms with Gasteiger partial charge in [-0.1, -0.05) is 26.0 Å². The molecule has 198 valence electrons. The zero-order chi connectivity index (χ0) is 27.3. The number of hydrogen-bond donors (Lipinski definition) is 3. The number of esters is 1. The van der Waals surface area contributed by atoms with Crippen LogP contribution in [0, 0.1) is 33.5 Å². The Kier molecular flexibility index (Phi) is 5.78. The van der Waals surface area contributed by atoms with Gasteiger partial charge in [0.05, 0.1) is 28.8 Å². The van der Waals surface area contributed by atoms with E-state index in [-0.39, 0.29) is 24.1 Å². The highest BCUT2D eigenvalue weighted by Gasteiger charge is 2.73. The molecule has 3 aliphatic carbocycles. The third kappa shape index (κ3) is 3.38. The van der Waals surface area contributed by atoms with Crippen LogP contribution in [0.3, 0.4) is 0 Å². The van der Waals surface area contributed by atoms with Crippen LogP contribution >= 0.6 is 0 Å². The topological polar surface area (TPSA) is 121 Å². The van der Waals surface area contributed by atoms with Crippen molar-refractivity contribution in [1.82, 2.24) is 0 Å². The highest BCUT2D eigenvalue weighted by molar-refractivity contribution is 5.98. The van der Waals surface area contributed by atoms with E-state index >= 15 is 0 Å². The third-order valence-electron chi connectivity index (χ3n) is 10.2. The Morgan fingerprint density at radius 2 is 1.67 bits per heavy atom. The number of ketones is 2. The van der Waals surface area contributed by atoms with Crippen LogP contribution in [0.25, 0.3) is 0 Å². The summed E-state index contributed by atoms with van der Waals surface area (Å²) >= 11 is 0. The lowest BCUT2D eigenvalue weighted by Crippen LogP contribution is -2.63. The van der Waals surface area contributed by atoms with E-state index in [1.54, 1.807) is 13.8 Å². The number of carbonyl (C=O) groups is 3. The van der Waals surface area contributed by atoms with Gasteiger partial charge in [0.2, 0.25) is 0 Å². The minimum Gasteiger partial charge on any atom is -0.434 e. The number of carbonyl (C=O) groups excluding carboxylic acids is 3. The van der Waals surface area contributed by atoms with Crippen LogP contribution in [-0.2, 0) is 19.1 Å². The van der Waals surface area contributed by atoms with Crippen LogP contribution in [0.5, 0.6) is 0 Å². The number of Topliss-reactive ketones (excluding diaryl/α,β-unsaturated/α-hetero) is 1. The summed E-state index contributed by atoms with van der Waals surface area (Å²) in [4.78, 5) is 39.7. The number of hydrogen-bond acceptors (Lipinski definition) is 7. The van der Waals surface area contributed by atoms with Crippen LogP contribution in [0.4, 0.5) is 0 Å². The lowest BCUT2D eigenvalue weighted by molar-refractivity contribution is -0.172. The maximum Gasteiger partial charge on any atom is 0.320 e. The van der Waals surface area contributed by atoms with Gasteiger partial charge in [-0.25, -0.2) is 0 Å². The molecule has 1 aliphatic heterocycles. The van der Waals surface area contributed by atoms with E-state index in [2.05, 4.69) is 6.92 Å².